The number of hydrogen-bond acceptors (Lipinski definition) is 3. The average molecular weight is 290 g/mol. The molecule has 2 rings (SSSR count). The van der Waals surface area contributed by atoms with Gasteiger partial charge in [-0.15, -0.1) is 0 Å². The summed E-state index contributed by atoms with van der Waals surface area (Å²) in [7, 11) is -2.69. The number of fused-ring (bicyclic) bond motifs is 1. The predicted octanol–water partition coefficient (Wildman–Crippen LogP) is 1.93. The number of rotatable bonds is 4. The highest BCUT2D eigenvalue weighted by molar-refractivity contribution is 7.89. The maximum Gasteiger partial charge on any atom is 0.252 e. The van der Waals surface area contributed by atoms with Crippen LogP contribution < -0.4 is 5.32 Å². The Morgan fingerprint density at radius 1 is 1.42 bits per heavy atom. The van der Waals surface area contributed by atoms with Crippen LogP contribution in [0, 0.1) is 0 Å². The van der Waals surface area contributed by atoms with Crippen LogP contribution in [0.1, 0.15) is 12.0 Å². The van der Waals surface area contributed by atoms with Gasteiger partial charge in [-0.3, -0.25) is 0 Å². The van der Waals surface area contributed by atoms with Crippen molar-refractivity contribution < 1.29 is 17.2 Å². The molecule has 0 fully saturated rings. The maximum atomic E-state index is 12.3. The molecule has 0 spiro atoms. The van der Waals surface area contributed by atoms with Gasteiger partial charge in [0, 0.05) is 19.3 Å². The van der Waals surface area contributed by atoms with Gasteiger partial charge in [-0.25, -0.2) is 17.2 Å². The first-order valence-corrected chi connectivity index (χ1v) is 7.46. The highest BCUT2D eigenvalue weighted by Crippen LogP contribution is 2.26. The normalized spacial score (nSPS) is 15.4. The quantitative estimate of drug-likeness (QED) is 0.922. The SMILES string of the molecule is CN(CC(F)F)S(=O)(=O)c1ccc2c(c1)NCCC2. The van der Waals surface area contributed by atoms with Gasteiger partial charge in [0.05, 0.1) is 11.4 Å². The molecule has 1 aromatic rings. The van der Waals surface area contributed by atoms with Crippen LogP contribution in [0.5, 0.6) is 0 Å². The lowest BCUT2D eigenvalue weighted by atomic mass is 10.0. The van der Waals surface area contributed by atoms with Gasteiger partial charge in [0.15, 0.2) is 0 Å². The summed E-state index contributed by atoms with van der Waals surface area (Å²) in [6.45, 7) is -0.00375. The van der Waals surface area contributed by atoms with E-state index >= 15 is 0 Å². The standard InChI is InChI=1S/C12H16F2N2O2S/c1-16(8-12(13)14)19(17,18)10-5-4-9-3-2-6-15-11(9)7-10/h4-5,7,12,15H,2-3,6,8H2,1H3. The monoisotopic (exact) mass is 290 g/mol. The zero-order chi connectivity index (χ0) is 14.0. The van der Waals surface area contributed by atoms with Gasteiger partial charge in [-0.1, -0.05) is 6.07 Å². The second-order valence-corrected chi connectivity index (χ2v) is 6.57. The molecule has 19 heavy (non-hydrogen) atoms. The highest BCUT2D eigenvalue weighted by atomic mass is 32.2. The fraction of sp³-hybridized carbons (Fsp3) is 0.500. The van der Waals surface area contributed by atoms with Crippen molar-refractivity contribution in [2.24, 2.45) is 0 Å². The Labute approximate surface area is 111 Å². The molecule has 1 heterocycles. The number of nitrogens with zero attached hydrogens (tertiary/aromatic N) is 1. The van der Waals surface area contributed by atoms with E-state index in [2.05, 4.69) is 5.32 Å². The summed E-state index contributed by atoms with van der Waals surface area (Å²) >= 11 is 0. The summed E-state index contributed by atoms with van der Waals surface area (Å²) in [5, 5.41) is 3.12. The molecule has 0 saturated heterocycles. The van der Waals surface area contributed by atoms with E-state index in [-0.39, 0.29) is 4.90 Å². The molecule has 0 bridgehead atoms. The van der Waals surface area contributed by atoms with Crippen molar-refractivity contribution in [2.45, 2.75) is 24.2 Å². The molecule has 0 atom stereocenters. The lowest BCUT2D eigenvalue weighted by Gasteiger charge is -2.21. The number of sulfonamides is 1. The van der Waals surface area contributed by atoms with E-state index in [1.165, 1.54) is 12.1 Å². The Morgan fingerprint density at radius 2 is 2.16 bits per heavy atom. The van der Waals surface area contributed by atoms with Crippen molar-refractivity contribution in [1.29, 1.82) is 0 Å². The van der Waals surface area contributed by atoms with Gasteiger partial charge in [0.2, 0.25) is 10.0 Å². The molecule has 0 aliphatic carbocycles. The number of halogens is 2. The molecule has 0 radical (unpaired) electrons. The van der Waals surface area contributed by atoms with Crippen molar-refractivity contribution >= 4 is 15.7 Å². The smallest absolute Gasteiger partial charge is 0.252 e. The molecule has 4 nitrogen and oxygen atoms in total. The van der Waals surface area contributed by atoms with Crippen LogP contribution in [0.4, 0.5) is 14.5 Å². The minimum atomic E-state index is -3.85. The lowest BCUT2D eigenvalue weighted by Crippen LogP contribution is -2.31. The van der Waals surface area contributed by atoms with Crippen LogP contribution in [0.15, 0.2) is 23.1 Å². The first-order valence-electron chi connectivity index (χ1n) is 6.02. The molecule has 0 saturated carbocycles. The summed E-state index contributed by atoms with van der Waals surface area (Å²) in [6.07, 6.45) is -0.782. The third kappa shape index (κ3) is 3.03. The maximum absolute atomic E-state index is 12.3. The molecular formula is C12H16F2N2O2S. The Hall–Kier alpha value is -1.21. The second-order valence-electron chi connectivity index (χ2n) is 4.53. The summed E-state index contributed by atoms with van der Waals surface area (Å²) in [5.41, 5.74) is 1.83. The molecule has 1 aliphatic heterocycles. The topological polar surface area (TPSA) is 49.4 Å². The van der Waals surface area contributed by atoms with Gasteiger partial charge in [0.1, 0.15) is 0 Å². The minimum Gasteiger partial charge on any atom is -0.385 e. The Balaban J connectivity index is 2.30. The van der Waals surface area contributed by atoms with E-state index in [0.717, 1.165) is 37.7 Å². The van der Waals surface area contributed by atoms with Gasteiger partial charge >= 0.3 is 0 Å². The zero-order valence-electron chi connectivity index (χ0n) is 10.6. The van der Waals surface area contributed by atoms with Crippen LogP contribution in [0.2, 0.25) is 0 Å². The van der Waals surface area contributed by atoms with E-state index in [4.69, 9.17) is 0 Å². The minimum absolute atomic E-state index is 0.0452. The molecule has 7 heteroatoms. The molecule has 1 aliphatic rings. The fourth-order valence-corrected chi connectivity index (χ4v) is 3.25. The van der Waals surface area contributed by atoms with Crippen molar-refractivity contribution in [3.63, 3.8) is 0 Å². The number of alkyl halides is 2. The van der Waals surface area contributed by atoms with E-state index in [0.29, 0.717) is 4.31 Å². The number of aryl methyl sites for hydroxylation is 1. The van der Waals surface area contributed by atoms with E-state index in [1.54, 1.807) is 6.07 Å². The van der Waals surface area contributed by atoms with Gasteiger partial charge in [-0.05, 0) is 30.5 Å². The summed E-state index contributed by atoms with van der Waals surface area (Å²) < 4.78 is 49.5. The summed E-state index contributed by atoms with van der Waals surface area (Å²) in [5.74, 6) is 0. The van der Waals surface area contributed by atoms with E-state index < -0.39 is 23.0 Å². The Bertz CT molecular complexity index is 561. The number of hydrogen-bond donors (Lipinski definition) is 1. The first kappa shape index (κ1) is 14.2. The van der Waals surface area contributed by atoms with Gasteiger partial charge in [-0.2, -0.15) is 4.31 Å². The van der Waals surface area contributed by atoms with Crippen molar-refractivity contribution in [3.05, 3.63) is 23.8 Å². The summed E-state index contributed by atoms with van der Waals surface area (Å²) in [6, 6.07) is 4.74. The molecule has 0 amide bonds. The fourth-order valence-electron chi connectivity index (χ4n) is 2.07. The van der Waals surface area contributed by atoms with Crippen LogP contribution >= 0.6 is 0 Å². The zero-order valence-corrected chi connectivity index (χ0v) is 11.4. The van der Waals surface area contributed by atoms with Crippen molar-refractivity contribution in [2.75, 3.05) is 25.5 Å². The summed E-state index contributed by atoms with van der Waals surface area (Å²) in [4.78, 5) is 0.0452. The number of nitrogens with one attached hydrogen (secondary N) is 1. The van der Waals surface area contributed by atoms with E-state index in [9.17, 15) is 17.2 Å². The second kappa shape index (κ2) is 5.42. The third-order valence-corrected chi connectivity index (χ3v) is 4.94. The molecule has 106 valence electrons. The molecule has 1 N–H and O–H groups in total. The van der Waals surface area contributed by atoms with Gasteiger partial charge in [0.25, 0.3) is 6.43 Å². The van der Waals surface area contributed by atoms with Crippen LogP contribution in [-0.2, 0) is 16.4 Å². The largest absolute Gasteiger partial charge is 0.385 e. The van der Waals surface area contributed by atoms with Crippen molar-refractivity contribution in [1.82, 2.24) is 4.31 Å². The lowest BCUT2D eigenvalue weighted by molar-refractivity contribution is 0.126. The highest BCUT2D eigenvalue weighted by Gasteiger charge is 2.24. The van der Waals surface area contributed by atoms with Crippen LogP contribution in [0.3, 0.4) is 0 Å². The molecule has 0 aromatic heterocycles. The van der Waals surface area contributed by atoms with Crippen molar-refractivity contribution in [3.8, 4) is 0 Å². The predicted molar refractivity (Wildman–Crippen MR) is 69.1 cm³/mol. The van der Waals surface area contributed by atoms with E-state index in [1.807, 2.05) is 0 Å². The molecular weight excluding hydrogens is 274 g/mol. The number of anilines is 1. The average Bonchev–Trinajstić information content (AvgIpc) is 2.37. The molecule has 1 aromatic carbocycles. The Kier molecular flexibility index (Phi) is 4.05. The van der Waals surface area contributed by atoms with Crippen LogP contribution in [0.25, 0.3) is 0 Å². The number of benzene rings is 1. The first-order chi connectivity index (χ1) is 8.91. The van der Waals surface area contributed by atoms with Crippen LogP contribution in [-0.4, -0.2) is 39.3 Å². The van der Waals surface area contributed by atoms with Gasteiger partial charge < -0.3 is 5.32 Å². The Morgan fingerprint density at radius 3 is 2.84 bits per heavy atom. The third-order valence-electron chi connectivity index (χ3n) is 3.12. The molecule has 0 unspecified atom stereocenters.